The summed E-state index contributed by atoms with van der Waals surface area (Å²) in [5, 5.41) is 2.89. The van der Waals surface area contributed by atoms with Crippen molar-refractivity contribution in [2.75, 3.05) is 6.54 Å². The van der Waals surface area contributed by atoms with Crippen molar-refractivity contribution in [3.63, 3.8) is 0 Å². The van der Waals surface area contributed by atoms with E-state index in [1.54, 1.807) is 0 Å². The highest BCUT2D eigenvalue weighted by Crippen LogP contribution is 2.36. The van der Waals surface area contributed by atoms with Gasteiger partial charge < -0.3 is 5.32 Å². The van der Waals surface area contributed by atoms with Crippen LogP contribution in [0.1, 0.15) is 62.4 Å². The Morgan fingerprint density at radius 2 is 1.86 bits per heavy atom. The van der Waals surface area contributed by atoms with Gasteiger partial charge in [0.1, 0.15) is 0 Å². The van der Waals surface area contributed by atoms with E-state index < -0.39 is 0 Å². The van der Waals surface area contributed by atoms with E-state index in [9.17, 15) is 9.59 Å². The van der Waals surface area contributed by atoms with Crippen molar-refractivity contribution in [1.29, 1.82) is 0 Å². The van der Waals surface area contributed by atoms with Crippen LogP contribution >= 0.6 is 0 Å². The summed E-state index contributed by atoms with van der Waals surface area (Å²) in [4.78, 5) is 25.1. The number of nitrogens with one attached hydrogen (secondary N) is 1. The summed E-state index contributed by atoms with van der Waals surface area (Å²) in [6, 6.07) is 7.56. The number of ketones is 1. The molecule has 3 heteroatoms. The topological polar surface area (TPSA) is 46.2 Å². The lowest BCUT2D eigenvalue weighted by molar-refractivity contribution is -0.117. The first-order valence-corrected chi connectivity index (χ1v) is 8.21. The molecule has 1 amide bonds. The Hall–Kier alpha value is -1.90. The van der Waals surface area contributed by atoms with Crippen LogP contribution in [-0.4, -0.2) is 18.2 Å². The molecule has 22 heavy (non-hydrogen) atoms. The summed E-state index contributed by atoms with van der Waals surface area (Å²) in [5.41, 5.74) is 2.89. The zero-order valence-corrected chi connectivity index (χ0v) is 13.7. The predicted octanol–water partition coefficient (Wildman–Crippen LogP) is 3.99. The Labute approximate surface area is 132 Å². The molecule has 1 aliphatic carbocycles. The smallest absolute Gasteiger partial charge is 0.255 e. The summed E-state index contributed by atoms with van der Waals surface area (Å²) in [6.07, 6.45) is 3.70. The Bertz CT molecular complexity index is 599. The van der Waals surface area contributed by atoms with Gasteiger partial charge in [-0.3, -0.25) is 9.59 Å². The highest BCUT2D eigenvalue weighted by atomic mass is 16.2. The lowest BCUT2D eigenvalue weighted by atomic mass is 9.96. The van der Waals surface area contributed by atoms with Crippen molar-refractivity contribution in [3.05, 3.63) is 41.0 Å². The van der Waals surface area contributed by atoms with Crippen LogP contribution in [0.4, 0.5) is 0 Å². The van der Waals surface area contributed by atoms with Crippen LogP contribution in [0.2, 0.25) is 0 Å². The highest BCUT2D eigenvalue weighted by Gasteiger charge is 2.33. The van der Waals surface area contributed by atoms with Gasteiger partial charge in [0.2, 0.25) is 0 Å². The number of Topliss-reactive ketones (excluding diaryl/α,β-unsaturated/α-hetero) is 1. The maximum atomic E-state index is 12.6. The lowest BCUT2D eigenvalue weighted by Crippen LogP contribution is -2.28. The van der Waals surface area contributed by atoms with Gasteiger partial charge >= 0.3 is 0 Å². The number of carbonyl (C=O) groups is 2. The van der Waals surface area contributed by atoms with E-state index in [-0.39, 0.29) is 11.7 Å². The Balaban J connectivity index is 2.30. The number of hydrogen-bond acceptors (Lipinski definition) is 2. The van der Waals surface area contributed by atoms with Crippen molar-refractivity contribution in [2.24, 2.45) is 5.92 Å². The number of amides is 1. The molecule has 0 fully saturated rings. The van der Waals surface area contributed by atoms with Crippen molar-refractivity contribution in [1.82, 2.24) is 5.32 Å². The first-order chi connectivity index (χ1) is 10.6. The van der Waals surface area contributed by atoms with Crippen molar-refractivity contribution in [2.45, 2.75) is 46.5 Å². The second-order valence-electron chi connectivity index (χ2n) is 6.27. The van der Waals surface area contributed by atoms with Gasteiger partial charge in [-0.05, 0) is 36.3 Å². The minimum Gasteiger partial charge on any atom is -0.352 e. The van der Waals surface area contributed by atoms with Crippen LogP contribution in [0.5, 0.6) is 0 Å². The second-order valence-corrected chi connectivity index (χ2v) is 6.27. The molecular weight excluding hydrogens is 274 g/mol. The number of benzene rings is 1. The third kappa shape index (κ3) is 3.46. The van der Waals surface area contributed by atoms with Gasteiger partial charge in [-0.25, -0.2) is 0 Å². The maximum absolute atomic E-state index is 12.6. The standard InChI is InChI=1S/C19H25NO2/c1-4-5-12-20-19(22)17-15(11-10-13(2)3)14-8-6-7-9-16(14)18(17)21/h6-9,13H,4-5,10-12H2,1-3H3,(H,20,22). The number of carbonyl (C=O) groups excluding carboxylic acids is 2. The molecule has 1 aliphatic rings. The number of fused-ring (bicyclic) bond motifs is 1. The van der Waals surface area contributed by atoms with E-state index in [2.05, 4.69) is 26.1 Å². The summed E-state index contributed by atoms with van der Waals surface area (Å²) >= 11 is 0. The van der Waals surface area contributed by atoms with E-state index in [1.165, 1.54) is 0 Å². The van der Waals surface area contributed by atoms with Gasteiger partial charge in [-0.2, -0.15) is 0 Å². The van der Waals surface area contributed by atoms with Crippen molar-refractivity contribution >= 4 is 17.3 Å². The molecular formula is C19H25NO2. The molecule has 1 N–H and O–H groups in total. The average molecular weight is 299 g/mol. The quantitative estimate of drug-likeness (QED) is 0.611. The number of allylic oxidation sites excluding steroid dienone is 1. The monoisotopic (exact) mass is 299 g/mol. The summed E-state index contributed by atoms with van der Waals surface area (Å²) in [7, 11) is 0. The molecule has 1 aromatic carbocycles. The summed E-state index contributed by atoms with van der Waals surface area (Å²) in [6.45, 7) is 7.02. The molecule has 0 radical (unpaired) electrons. The van der Waals surface area contributed by atoms with Gasteiger partial charge in [0.15, 0.2) is 5.78 Å². The van der Waals surface area contributed by atoms with Gasteiger partial charge in [0, 0.05) is 12.1 Å². The minimum absolute atomic E-state index is 0.122. The van der Waals surface area contributed by atoms with Crippen molar-refractivity contribution < 1.29 is 9.59 Å². The molecule has 0 aliphatic heterocycles. The number of unbranched alkanes of at least 4 members (excludes halogenated alkanes) is 1. The molecule has 1 aromatic rings. The third-order valence-electron chi connectivity index (χ3n) is 4.04. The third-order valence-corrected chi connectivity index (χ3v) is 4.04. The van der Waals surface area contributed by atoms with Crippen LogP contribution in [0.15, 0.2) is 29.8 Å². The normalized spacial score (nSPS) is 13.7. The number of rotatable bonds is 7. The summed E-state index contributed by atoms with van der Waals surface area (Å²) in [5.74, 6) is 0.205. The molecule has 2 rings (SSSR count). The van der Waals surface area contributed by atoms with Gasteiger partial charge in [0.25, 0.3) is 5.91 Å². The van der Waals surface area contributed by atoms with Crippen LogP contribution in [0.25, 0.3) is 5.57 Å². The van der Waals surface area contributed by atoms with Crippen LogP contribution in [0.3, 0.4) is 0 Å². The van der Waals surface area contributed by atoms with E-state index >= 15 is 0 Å². The fourth-order valence-electron chi connectivity index (χ4n) is 2.75. The number of hydrogen-bond donors (Lipinski definition) is 1. The van der Waals surface area contributed by atoms with Crippen LogP contribution in [0, 0.1) is 5.92 Å². The zero-order chi connectivity index (χ0) is 16.1. The molecule has 0 aromatic heterocycles. The molecule has 0 atom stereocenters. The van der Waals surface area contributed by atoms with E-state index in [4.69, 9.17) is 0 Å². The average Bonchev–Trinajstić information content (AvgIpc) is 2.78. The fourth-order valence-corrected chi connectivity index (χ4v) is 2.75. The molecule has 118 valence electrons. The first kappa shape index (κ1) is 16.5. The molecule has 0 heterocycles. The zero-order valence-electron chi connectivity index (χ0n) is 13.7. The summed E-state index contributed by atoms with van der Waals surface area (Å²) < 4.78 is 0. The first-order valence-electron chi connectivity index (χ1n) is 8.21. The SMILES string of the molecule is CCCCNC(=O)C1=C(CCC(C)C)c2ccccc2C1=O. The van der Waals surface area contributed by atoms with Crippen LogP contribution < -0.4 is 5.32 Å². The molecule has 0 unspecified atom stereocenters. The van der Waals surface area contributed by atoms with E-state index in [0.29, 0.717) is 23.6 Å². The molecule has 3 nitrogen and oxygen atoms in total. The molecule has 0 spiro atoms. The largest absolute Gasteiger partial charge is 0.352 e. The predicted molar refractivity (Wildman–Crippen MR) is 89.7 cm³/mol. The molecule has 0 saturated heterocycles. The van der Waals surface area contributed by atoms with Crippen LogP contribution in [-0.2, 0) is 4.79 Å². The maximum Gasteiger partial charge on any atom is 0.255 e. The minimum atomic E-state index is -0.214. The van der Waals surface area contributed by atoms with Gasteiger partial charge in [-0.15, -0.1) is 0 Å². The molecule has 0 saturated carbocycles. The fraction of sp³-hybridized carbons (Fsp3) is 0.474. The van der Waals surface area contributed by atoms with E-state index in [1.807, 2.05) is 24.3 Å². The molecule has 0 bridgehead atoms. The Morgan fingerprint density at radius 3 is 2.50 bits per heavy atom. The van der Waals surface area contributed by atoms with Gasteiger partial charge in [0.05, 0.1) is 5.57 Å². The van der Waals surface area contributed by atoms with E-state index in [0.717, 1.165) is 36.8 Å². The Morgan fingerprint density at radius 1 is 1.18 bits per heavy atom. The van der Waals surface area contributed by atoms with Crippen molar-refractivity contribution in [3.8, 4) is 0 Å². The van der Waals surface area contributed by atoms with Gasteiger partial charge in [-0.1, -0.05) is 51.5 Å². The Kier molecular flexibility index (Phi) is 5.53. The highest BCUT2D eigenvalue weighted by molar-refractivity contribution is 6.34. The second kappa shape index (κ2) is 7.39. The lowest BCUT2D eigenvalue weighted by Gasteiger charge is -2.10.